The molecule has 0 aromatic rings. The fourth-order valence-corrected chi connectivity index (χ4v) is 0.669. The molecule has 0 saturated heterocycles. The van der Waals surface area contributed by atoms with Crippen LogP contribution < -0.4 is 0 Å². The van der Waals surface area contributed by atoms with Gasteiger partial charge in [0.25, 0.3) is 0 Å². The number of carbonyl (C=O) groups is 1. The van der Waals surface area contributed by atoms with E-state index in [1.165, 1.54) is 0 Å². The lowest BCUT2D eigenvalue weighted by molar-refractivity contribution is -0.150. The van der Waals surface area contributed by atoms with E-state index in [0.29, 0.717) is 12.2 Å². The summed E-state index contributed by atoms with van der Waals surface area (Å²) in [5.41, 5.74) is 0.377. The predicted molar refractivity (Wildman–Crippen MR) is 54.6 cm³/mol. The molecule has 13 heavy (non-hydrogen) atoms. The highest BCUT2D eigenvalue weighted by molar-refractivity contribution is 9.09. The average Bonchev–Trinajstić information content (AvgIpc) is 2.10. The maximum absolute atomic E-state index is 11.1. The Hall–Kier alpha value is -0.610. The molecule has 0 heterocycles. The molecule has 1 unspecified atom stereocenters. The lowest BCUT2D eigenvalue weighted by Crippen LogP contribution is -2.14. The van der Waals surface area contributed by atoms with Crippen LogP contribution in [-0.4, -0.2) is 24.2 Å². The Morgan fingerprint density at radius 2 is 2.31 bits per heavy atom. The molecule has 1 atom stereocenters. The average molecular weight is 249 g/mol. The molecule has 0 aromatic heterocycles. The molecule has 4 heteroatoms. The van der Waals surface area contributed by atoms with Crippen molar-refractivity contribution < 1.29 is 14.3 Å². The maximum Gasteiger partial charge on any atom is 0.336 e. The molecule has 0 aromatic carbocycles. The van der Waals surface area contributed by atoms with Gasteiger partial charge in [-0.2, -0.15) is 0 Å². The summed E-state index contributed by atoms with van der Waals surface area (Å²) in [6.45, 7) is 9.10. The number of ether oxygens (including phenoxy) is 2. The van der Waals surface area contributed by atoms with E-state index in [1.807, 2.05) is 0 Å². The Balaban J connectivity index is 3.62. The van der Waals surface area contributed by atoms with Crippen molar-refractivity contribution in [1.82, 2.24) is 0 Å². The van der Waals surface area contributed by atoms with E-state index >= 15 is 0 Å². The van der Waals surface area contributed by atoms with E-state index in [-0.39, 0.29) is 11.6 Å². The van der Waals surface area contributed by atoms with Crippen molar-refractivity contribution in [2.75, 3.05) is 13.4 Å². The molecule has 0 aliphatic heterocycles. The Labute approximate surface area is 86.5 Å². The van der Waals surface area contributed by atoms with Crippen LogP contribution in [0.25, 0.3) is 0 Å². The normalized spacial score (nSPS) is 11.8. The quantitative estimate of drug-likeness (QED) is 0.180. The van der Waals surface area contributed by atoms with Crippen molar-refractivity contribution >= 4 is 21.9 Å². The summed E-state index contributed by atoms with van der Waals surface area (Å²) in [6, 6.07) is 0. The summed E-state index contributed by atoms with van der Waals surface area (Å²) in [7, 11) is 0. The standard InChI is InChI=1S/C9H13BrO3/c1-4-5-12-6-13-9(11)7(2)8(3)10/h4,8H,1-2,5-6H2,3H3. The van der Waals surface area contributed by atoms with Crippen molar-refractivity contribution in [2.45, 2.75) is 11.8 Å². The monoisotopic (exact) mass is 248 g/mol. The molecule has 0 aliphatic rings. The molecule has 0 fully saturated rings. The first kappa shape index (κ1) is 12.4. The Kier molecular flexibility index (Phi) is 6.54. The maximum atomic E-state index is 11.1. The van der Waals surface area contributed by atoms with Gasteiger partial charge in [-0.05, 0) is 6.92 Å². The zero-order chi connectivity index (χ0) is 10.3. The summed E-state index contributed by atoms with van der Waals surface area (Å²) in [5, 5.41) is 0. The number of alkyl halides is 1. The highest BCUT2D eigenvalue weighted by atomic mass is 79.9. The van der Waals surface area contributed by atoms with Crippen LogP contribution in [0.5, 0.6) is 0 Å². The molecule has 0 saturated carbocycles. The first-order chi connectivity index (χ1) is 6.09. The molecule has 74 valence electrons. The van der Waals surface area contributed by atoms with Crippen molar-refractivity contribution in [3.63, 3.8) is 0 Å². The SMILES string of the molecule is C=CCOCOC(=O)C(=C)C(C)Br. The highest BCUT2D eigenvalue weighted by Gasteiger charge is 2.12. The first-order valence-electron chi connectivity index (χ1n) is 3.78. The van der Waals surface area contributed by atoms with Crippen LogP contribution in [0, 0.1) is 0 Å². The van der Waals surface area contributed by atoms with Crippen LogP contribution in [0.15, 0.2) is 24.8 Å². The fraction of sp³-hybridized carbons (Fsp3) is 0.444. The van der Waals surface area contributed by atoms with Gasteiger partial charge in [0, 0.05) is 10.4 Å². The number of hydrogen-bond donors (Lipinski definition) is 0. The summed E-state index contributed by atoms with van der Waals surface area (Å²) >= 11 is 3.21. The van der Waals surface area contributed by atoms with Crippen LogP contribution in [0.1, 0.15) is 6.92 Å². The topological polar surface area (TPSA) is 35.5 Å². The second kappa shape index (κ2) is 6.86. The third-order valence-electron chi connectivity index (χ3n) is 1.25. The second-order valence-corrected chi connectivity index (χ2v) is 3.72. The molecule has 0 aliphatic carbocycles. The number of hydrogen-bond acceptors (Lipinski definition) is 3. The number of esters is 1. The smallest absolute Gasteiger partial charge is 0.336 e. The molecule has 3 nitrogen and oxygen atoms in total. The molecular formula is C9H13BrO3. The van der Waals surface area contributed by atoms with E-state index in [4.69, 9.17) is 9.47 Å². The lowest BCUT2D eigenvalue weighted by Gasteiger charge is -2.07. The van der Waals surface area contributed by atoms with Crippen LogP contribution >= 0.6 is 15.9 Å². The minimum atomic E-state index is -0.451. The lowest BCUT2D eigenvalue weighted by atomic mass is 10.2. The van der Waals surface area contributed by atoms with E-state index in [1.54, 1.807) is 13.0 Å². The van der Waals surface area contributed by atoms with Crippen molar-refractivity contribution in [3.8, 4) is 0 Å². The van der Waals surface area contributed by atoms with Gasteiger partial charge in [0.2, 0.25) is 0 Å². The van der Waals surface area contributed by atoms with Gasteiger partial charge in [-0.15, -0.1) is 6.58 Å². The second-order valence-electron chi connectivity index (χ2n) is 2.35. The van der Waals surface area contributed by atoms with Crippen LogP contribution in [-0.2, 0) is 14.3 Å². The summed E-state index contributed by atoms with van der Waals surface area (Å²) in [6.07, 6.45) is 1.58. The number of carbonyl (C=O) groups excluding carboxylic acids is 1. The van der Waals surface area contributed by atoms with E-state index < -0.39 is 5.97 Å². The van der Waals surface area contributed by atoms with Crippen molar-refractivity contribution in [1.29, 1.82) is 0 Å². The molecule has 0 amide bonds. The fourth-order valence-electron chi connectivity index (χ4n) is 0.482. The summed E-state index contributed by atoms with van der Waals surface area (Å²) in [5.74, 6) is -0.451. The van der Waals surface area contributed by atoms with Crippen LogP contribution in [0.3, 0.4) is 0 Å². The number of rotatable bonds is 6. The molecule has 0 rings (SSSR count). The largest absolute Gasteiger partial charge is 0.435 e. The third-order valence-corrected chi connectivity index (χ3v) is 1.80. The van der Waals surface area contributed by atoms with Crippen LogP contribution in [0.2, 0.25) is 0 Å². The van der Waals surface area contributed by atoms with Crippen LogP contribution in [0.4, 0.5) is 0 Å². The van der Waals surface area contributed by atoms with Gasteiger partial charge >= 0.3 is 5.97 Å². The van der Waals surface area contributed by atoms with Gasteiger partial charge in [0.05, 0.1) is 6.61 Å². The number of halogens is 1. The van der Waals surface area contributed by atoms with Gasteiger partial charge in [-0.1, -0.05) is 28.6 Å². The summed E-state index contributed by atoms with van der Waals surface area (Å²) in [4.78, 5) is 11.0. The minimum Gasteiger partial charge on any atom is -0.435 e. The van der Waals surface area contributed by atoms with E-state index in [2.05, 4.69) is 29.1 Å². The van der Waals surface area contributed by atoms with Crippen molar-refractivity contribution in [3.05, 3.63) is 24.8 Å². The zero-order valence-electron chi connectivity index (χ0n) is 7.59. The Bertz CT molecular complexity index is 199. The van der Waals surface area contributed by atoms with Gasteiger partial charge < -0.3 is 9.47 Å². The predicted octanol–water partition coefficient (Wildman–Crippen LogP) is 2.03. The van der Waals surface area contributed by atoms with Gasteiger partial charge in [0.1, 0.15) is 0 Å². The van der Waals surface area contributed by atoms with Gasteiger partial charge in [-0.25, -0.2) is 4.79 Å². The van der Waals surface area contributed by atoms with Gasteiger partial charge in [0.15, 0.2) is 6.79 Å². The van der Waals surface area contributed by atoms with E-state index in [9.17, 15) is 4.79 Å². The van der Waals surface area contributed by atoms with E-state index in [0.717, 1.165) is 0 Å². The highest BCUT2D eigenvalue weighted by Crippen LogP contribution is 2.10. The Morgan fingerprint density at radius 3 is 2.77 bits per heavy atom. The van der Waals surface area contributed by atoms with Crippen molar-refractivity contribution in [2.24, 2.45) is 0 Å². The Morgan fingerprint density at radius 1 is 1.69 bits per heavy atom. The minimum absolute atomic E-state index is 0.0659. The van der Waals surface area contributed by atoms with Gasteiger partial charge in [-0.3, -0.25) is 0 Å². The molecule has 0 radical (unpaired) electrons. The zero-order valence-corrected chi connectivity index (χ0v) is 9.17. The molecular weight excluding hydrogens is 236 g/mol. The third kappa shape index (κ3) is 5.60. The molecule has 0 N–H and O–H groups in total. The molecule has 0 bridgehead atoms. The summed E-state index contributed by atoms with van der Waals surface area (Å²) < 4.78 is 9.59. The molecule has 0 spiro atoms. The first-order valence-corrected chi connectivity index (χ1v) is 4.69.